The lowest BCUT2D eigenvalue weighted by atomic mass is 10.1. The second-order valence-electron chi connectivity index (χ2n) is 4.80. The van der Waals surface area contributed by atoms with Crippen LogP contribution in [0, 0.1) is 6.92 Å². The van der Waals surface area contributed by atoms with Crippen molar-refractivity contribution in [1.29, 1.82) is 0 Å². The van der Waals surface area contributed by atoms with Crippen LogP contribution in [0.4, 0.5) is 11.6 Å². The molecule has 0 aliphatic carbocycles. The Balaban J connectivity index is 1.94. The summed E-state index contributed by atoms with van der Waals surface area (Å²) in [5, 5.41) is 16.6. The summed E-state index contributed by atoms with van der Waals surface area (Å²) in [4.78, 5) is 8.81. The predicted molar refractivity (Wildman–Crippen MR) is 80.4 cm³/mol. The second-order valence-corrected chi connectivity index (χ2v) is 4.80. The van der Waals surface area contributed by atoms with Crippen LogP contribution in [0.1, 0.15) is 5.56 Å². The minimum Gasteiger partial charge on any atom is -0.508 e. The molecule has 0 fully saturated rings. The number of hydrogen-bond acceptors (Lipinski definition) is 5. The Hall–Kier alpha value is -2.89. The van der Waals surface area contributed by atoms with E-state index in [1.807, 2.05) is 32.3 Å². The molecule has 2 N–H and O–H groups in total. The smallest absolute Gasteiger partial charge is 0.227 e. The molecule has 3 aromatic rings. The summed E-state index contributed by atoms with van der Waals surface area (Å²) in [5.41, 5.74) is 3.56. The molecule has 6 nitrogen and oxygen atoms in total. The number of hydrogen-bond donors (Lipinski definition) is 2. The number of aromatic nitrogens is 4. The number of rotatable bonds is 3. The van der Waals surface area contributed by atoms with Gasteiger partial charge in [0.1, 0.15) is 5.75 Å². The van der Waals surface area contributed by atoms with Crippen molar-refractivity contribution < 1.29 is 5.11 Å². The highest BCUT2D eigenvalue weighted by Crippen LogP contribution is 2.24. The monoisotopic (exact) mass is 281 g/mol. The third kappa shape index (κ3) is 2.84. The van der Waals surface area contributed by atoms with Crippen molar-refractivity contribution >= 4 is 11.6 Å². The highest BCUT2D eigenvalue weighted by atomic mass is 16.3. The Kier molecular flexibility index (Phi) is 3.27. The maximum Gasteiger partial charge on any atom is 0.227 e. The summed E-state index contributed by atoms with van der Waals surface area (Å²) in [5.74, 6) is 0.746. The number of phenols is 1. The van der Waals surface area contributed by atoms with E-state index in [4.69, 9.17) is 0 Å². The zero-order chi connectivity index (χ0) is 14.8. The van der Waals surface area contributed by atoms with Crippen molar-refractivity contribution in [2.75, 3.05) is 5.32 Å². The van der Waals surface area contributed by atoms with Gasteiger partial charge in [0.15, 0.2) is 0 Å². The van der Waals surface area contributed by atoms with Gasteiger partial charge >= 0.3 is 0 Å². The summed E-state index contributed by atoms with van der Waals surface area (Å²) >= 11 is 0. The predicted octanol–water partition coefficient (Wildman–Crippen LogP) is 2.63. The van der Waals surface area contributed by atoms with Gasteiger partial charge in [-0.15, -0.1) is 0 Å². The summed E-state index contributed by atoms with van der Waals surface area (Å²) in [6, 6.07) is 6.95. The van der Waals surface area contributed by atoms with Crippen molar-refractivity contribution in [3.05, 3.63) is 48.4 Å². The third-order valence-corrected chi connectivity index (χ3v) is 3.07. The molecular formula is C15H15N5O. The van der Waals surface area contributed by atoms with Crippen LogP contribution in [0.3, 0.4) is 0 Å². The Morgan fingerprint density at radius 2 is 1.90 bits per heavy atom. The largest absolute Gasteiger partial charge is 0.508 e. The van der Waals surface area contributed by atoms with Gasteiger partial charge in [0.25, 0.3) is 0 Å². The molecule has 0 atom stereocenters. The van der Waals surface area contributed by atoms with Gasteiger partial charge in [-0.3, -0.25) is 4.68 Å². The average Bonchev–Trinajstić information content (AvgIpc) is 2.87. The molecule has 0 aliphatic heterocycles. The standard InChI is InChI=1S/C15H15N5O/c1-10-7-16-15(18-12-8-17-20(2)9-12)19-14(10)11-3-5-13(21)6-4-11/h3-9,21H,1-2H3,(H,16,18,19). The molecule has 0 radical (unpaired) electrons. The van der Waals surface area contributed by atoms with E-state index in [1.165, 1.54) is 0 Å². The highest BCUT2D eigenvalue weighted by molar-refractivity contribution is 5.65. The van der Waals surface area contributed by atoms with Crippen molar-refractivity contribution in [2.24, 2.45) is 7.05 Å². The van der Waals surface area contributed by atoms with E-state index in [9.17, 15) is 5.11 Å². The van der Waals surface area contributed by atoms with Gasteiger partial charge in [0, 0.05) is 25.0 Å². The summed E-state index contributed by atoms with van der Waals surface area (Å²) in [6.07, 6.45) is 5.33. The van der Waals surface area contributed by atoms with E-state index < -0.39 is 0 Å². The lowest BCUT2D eigenvalue weighted by molar-refractivity contribution is 0.475. The number of nitrogens with zero attached hydrogens (tertiary/aromatic N) is 4. The van der Waals surface area contributed by atoms with Crippen LogP contribution in [0.2, 0.25) is 0 Å². The van der Waals surface area contributed by atoms with Gasteiger partial charge in [-0.25, -0.2) is 9.97 Å². The molecule has 0 saturated carbocycles. The molecule has 1 aromatic carbocycles. The molecule has 2 aromatic heterocycles. The number of anilines is 2. The summed E-state index contributed by atoms with van der Waals surface area (Å²) < 4.78 is 1.71. The Bertz CT molecular complexity index is 764. The lowest BCUT2D eigenvalue weighted by Gasteiger charge is -2.08. The summed E-state index contributed by atoms with van der Waals surface area (Å²) in [6.45, 7) is 1.95. The average molecular weight is 281 g/mol. The first kappa shape index (κ1) is 13.1. The van der Waals surface area contributed by atoms with Gasteiger partial charge < -0.3 is 10.4 Å². The Morgan fingerprint density at radius 1 is 1.14 bits per heavy atom. The lowest BCUT2D eigenvalue weighted by Crippen LogP contribution is -1.99. The second kappa shape index (κ2) is 5.24. The zero-order valence-electron chi connectivity index (χ0n) is 11.8. The Labute approximate surface area is 122 Å². The minimum absolute atomic E-state index is 0.235. The van der Waals surface area contributed by atoms with Gasteiger partial charge in [-0.2, -0.15) is 5.10 Å². The van der Waals surface area contributed by atoms with Crippen molar-refractivity contribution in [1.82, 2.24) is 19.7 Å². The van der Waals surface area contributed by atoms with E-state index in [1.54, 1.807) is 29.2 Å². The van der Waals surface area contributed by atoms with E-state index in [0.29, 0.717) is 5.95 Å². The molecule has 0 amide bonds. The topological polar surface area (TPSA) is 75.9 Å². The van der Waals surface area contributed by atoms with Crippen LogP contribution in [-0.2, 0) is 7.05 Å². The van der Waals surface area contributed by atoms with Crippen LogP contribution < -0.4 is 5.32 Å². The van der Waals surface area contributed by atoms with Crippen LogP contribution in [0.15, 0.2) is 42.9 Å². The quantitative estimate of drug-likeness (QED) is 0.772. The molecule has 0 unspecified atom stereocenters. The van der Waals surface area contributed by atoms with Crippen molar-refractivity contribution in [3.63, 3.8) is 0 Å². The van der Waals surface area contributed by atoms with Gasteiger partial charge in [-0.05, 0) is 36.8 Å². The normalized spacial score (nSPS) is 10.6. The molecule has 0 aliphatic rings. The molecule has 106 valence electrons. The highest BCUT2D eigenvalue weighted by Gasteiger charge is 2.07. The maximum absolute atomic E-state index is 9.37. The molecule has 0 bridgehead atoms. The maximum atomic E-state index is 9.37. The fourth-order valence-electron chi connectivity index (χ4n) is 2.03. The Morgan fingerprint density at radius 3 is 2.57 bits per heavy atom. The van der Waals surface area contributed by atoms with Crippen LogP contribution in [0.25, 0.3) is 11.3 Å². The zero-order valence-corrected chi connectivity index (χ0v) is 11.8. The van der Waals surface area contributed by atoms with Crippen LogP contribution in [0.5, 0.6) is 5.75 Å². The molecular weight excluding hydrogens is 266 g/mol. The van der Waals surface area contributed by atoms with Crippen LogP contribution >= 0.6 is 0 Å². The molecule has 3 rings (SSSR count). The number of phenolic OH excluding ortho intramolecular Hbond substituents is 1. The first-order valence-electron chi connectivity index (χ1n) is 6.50. The van der Waals surface area contributed by atoms with Gasteiger partial charge in [0.05, 0.1) is 17.6 Å². The first-order valence-corrected chi connectivity index (χ1v) is 6.50. The SMILES string of the molecule is Cc1cnc(Nc2cnn(C)c2)nc1-c1ccc(O)cc1. The van der Waals surface area contributed by atoms with Crippen LogP contribution in [-0.4, -0.2) is 24.9 Å². The molecule has 0 spiro atoms. The summed E-state index contributed by atoms with van der Waals surface area (Å²) in [7, 11) is 1.85. The fourth-order valence-corrected chi connectivity index (χ4v) is 2.03. The van der Waals surface area contributed by atoms with Gasteiger partial charge in [-0.1, -0.05) is 0 Å². The molecule has 2 heterocycles. The van der Waals surface area contributed by atoms with E-state index in [0.717, 1.165) is 22.5 Å². The fraction of sp³-hybridized carbons (Fsp3) is 0.133. The third-order valence-electron chi connectivity index (χ3n) is 3.07. The molecule has 21 heavy (non-hydrogen) atoms. The van der Waals surface area contributed by atoms with E-state index in [-0.39, 0.29) is 5.75 Å². The number of benzene rings is 1. The number of aryl methyl sites for hydroxylation is 2. The van der Waals surface area contributed by atoms with E-state index >= 15 is 0 Å². The molecule has 6 heteroatoms. The molecule has 0 saturated heterocycles. The minimum atomic E-state index is 0.235. The van der Waals surface area contributed by atoms with Gasteiger partial charge in [0.2, 0.25) is 5.95 Å². The number of nitrogens with one attached hydrogen (secondary N) is 1. The van der Waals surface area contributed by atoms with Crippen molar-refractivity contribution in [3.8, 4) is 17.0 Å². The number of aromatic hydroxyl groups is 1. The van der Waals surface area contributed by atoms with E-state index in [2.05, 4.69) is 20.4 Å². The van der Waals surface area contributed by atoms with Crippen molar-refractivity contribution in [2.45, 2.75) is 6.92 Å². The first-order chi connectivity index (χ1) is 10.1.